The molecule has 4 nitrogen and oxygen atoms in total. The number of aryl methyl sites for hydroxylation is 1. The van der Waals surface area contributed by atoms with E-state index in [9.17, 15) is 9.59 Å². The Hall–Kier alpha value is -1.31. The zero-order valence-electron chi connectivity index (χ0n) is 12.6. The topological polar surface area (TPSA) is 58.2 Å². The van der Waals surface area contributed by atoms with E-state index in [1.54, 1.807) is 11.3 Å². The normalized spacial score (nSPS) is 10.3. The highest BCUT2D eigenvalue weighted by Crippen LogP contribution is 2.16. The van der Waals surface area contributed by atoms with E-state index in [2.05, 4.69) is 26.6 Å². The molecule has 1 heterocycles. The van der Waals surface area contributed by atoms with E-state index in [1.165, 1.54) is 17.3 Å². The molecule has 0 spiro atoms. The Morgan fingerprint density at radius 3 is 2.70 bits per heavy atom. The second-order valence-corrected chi connectivity index (χ2v) is 7.76. The van der Waals surface area contributed by atoms with Crippen molar-refractivity contribution in [3.05, 3.63) is 50.6 Å². The molecule has 0 saturated carbocycles. The number of carbonyl (C=O) groups excluding carboxylic acids is 2. The zero-order chi connectivity index (χ0) is 16.7. The molecule has 122 valence electrons. The number of amides is 2. The van der Waals surface area contributed by atoms with E-state index in [0.29, 0.717) is 6.54 Å². The molecule has 2 N–H and O–H groups in total. The molecule has 1 aromatic carbocycles. The largest absolute Gasteiger partial charge is 0.350 e. The van der Waals surface area contributed by atoms with Gasteiger partial charge in [-0.3, -0.25) is 9.59 Å². The number of hydrogen-bond acceptors (Lipinski definition) is 4. The monoisotopic (exact) mass is 412 g/mol. The molecule has 2 amide bonds. The van der Waals surface area contributed by atoms with E-state index in [-0.39, 0.29) is 23.3 Å². The lowest BCUT2D eigenvalue weighted by atomic mass is 10.3. The molecule has 0 fully saturated rings. The number of benzene rings is 1. The fourth-order valence-electron chi connectivity index (χ4n) is 1.81. The van der Waals surface area contributed by atoms with Crippen molar-refractivity contribution in [2.75, 3.05) is 16.8 Å². The number of rotatable bonds is 7. The summed E-state index contributed by atoms with van der Waals surface area (Å²) >= 11 is 6.29. The lowest BCUT2D eigenvalue weighted by Gasteiger charge is -2.06. The lowest BCUT2D eigenvalue weighted by Crippen LogP contribution is -2.25. The SMILES string of the molecule is Cc1ccsc1CNC(=O)CSCC(=O)Nc1cccc(Br)c1. The third kappa shape index (κ3) is 6.37. The Labute approximate surface area is 152 Å². The van der Waals surface area contributed by atoms with Gasteiger partial charge >= 0.3 is 0 Å². The van der Waals surface area contributed by atoms with Crippen LogP contribution in [0.2, 0.25) is 0 Å². The van der Waals surface area contributed by atoms with Crippen molar-refractivity contribution < 1.29 is 9.59 Å². The van der Waals surface area contributed by atoms with Crippen LogP contribution in [0.25, 0.3) is 0 Å². The Bertz CT molecular complexity index is 688. The van der Waals surface area contributed by atoms with Gasteiger partial charge in [-0.05, 0) is 42.1 Å². The Kier molecular flexibility index (Phi) is 7.14. The summed E-state index contributed by atoms with van der Waals surface area (Å²) in [5.41, 5.74) is 1.93. The predicted molar refractivity (Wildman–Crippen MR) is 101 cm³/mol. The molecule has 0 radical (unpaired) electrons. The number of carbonyl (C=O) groups is 2. The highest BCUT2D eigenvalue weighted by molar-refractivity contribution is 9.10. The minimum Gasteiger partial charge on any atom is -0.350 e. The van der Waals surface area contributed by atoms with Crippen LogP contribution in [-0.4, -0.2) is 23.3 Å². The van der Waals surface area contributed by atoms with Gasteiger partial charge in [0.2, 0.25) is 11.8 Å². The minimum absolute atomic E-state index is 0.0574. The van der Waals surface area contributed by atoms with Crippen molar-refractivity contribution in [1.29, 1.82) is 0 Å². The maximum atomic E-state index is 11.8. The Morgan fingerprint density at radius 1 is 1.22 bits per heavy atom. The van der Waals surface area contributed by atoms with Crippen LogP contribution in [0.4, 0.5) is 5.69 Å². The number of halogens is 1. The molecule has 0 aliphatic carbocycles. The second-order valence-electron chi connectivity index (χ2n) is 4.85. The minimum atomic E-state index is -0.116. The molecule has 0 aliphatic rings. The first-order chi connectivity index (χ1) is 11.0. The van der Waals surface area contributed by atoms with Crippen molar-refractivity contribution in [3.63, 3.8) is 0 Å². The summed E-state index contributed by atoms with van der Waals surface area (Å²) in [6.45, 7) is 2.58. The fraction of sp³-hybridized carbons (Fsp3) is 0.250. The highest BCUT2D eigenvalue weighted by atomic mass is 79.9. The molecule has 0 atom stereocenters. The van der Waals surface area contributed by atoms with Crippen LogP contribution in [0, 0.1) is 6.92 Å². The summed E-state index contributed by atoms with van der Waals surface area (Å²) in [4.78, 5) is 24.7. The molecule has 7 heteroatoms. The van der Waals surface area contributed by atoms with Crippen molar-refractivity contribution in [2.24, 2.45) is 0 Å². The first kappa shape index (κ1) is 18.0. The van der Waals surface area contributed by atoms with Crippen LogP contribution < -0.4 is 10.6 Å². The molecule has 1 aromatic heterocycles. The van der Waals surface area contributed by atoms with Gasteiger partial charge in [-0.1, -0.05) is 22.0 Å². The van der Waals surface area contributed by atoms with Gasteiger partial charge in [0.25, 0.3) is 0 Å². The summed E-state index contributed by atoms with van der Waals surface area (Å²) in [6, 6.07) is 9.44. The fourth-order valence-corrected chi connectivity index (χ4v) is 3.71. The summed E-state index contributed by atoms with van der Waals surface area (Å²) in [5.74, 6) is 0.349. The third-order valence-corrected chi connectivity index (χ3v) is 5.44. The molecule has 23 heavy (non-hydrogen) atoms. The van der Waals surface area contributed by atoms with Crippen LogP contribution in [-0.2, 0) is 16.1 Å². The predicted octanol–water partition coefficient (Wildman–Crippen LogP) is 3.81. The quantitative estimate of drug-likeness (QED) is 0.726. The van der Waals surface area contributed by atoms with Crippen molar-refractivity contribution in [2.45, 2.75) is 13.5 Å². The van der Waals surface area contributed by atoms with Crippen LogP contribution in [0.3, 0.4) is 0 Å². The zero-order valence-corrected chi connectivity index (χ0v) is 15.8. The molecule has 0 saturated heterocycles. The molecular weight excluding hydrogens is 396 g/mol. The number of thiophene rings is 1. The van der Waals surface area contributed by atoms with E-state index in [1.807, 2.05) is 42.6 Å². The van der Waals surface area contributed by atoms with Gasteiger partial charge in [-0.25, -0.2) is 0 Å². The van der Waals surface area contributed by atoms with Crippen molar-refractivity contribution >= 4 is 56.5 Å². The van der Waals surface area contributed by atoms with Crippen LogP contribution >= 0.6 is 39.0 Å². The van der Waals surface area contributed by atoms with E-state index < -0.39 is 0 Å². The maximum Gasteiger partial charge on any atom is 0.234 e. The number of thioether (sulfide) groups is 1. The third-order valence-electron chi connectivity index (χ3n) is 2.99. The summed E-state index contributed by atoms with van der Waals surface area (Å²) in [7, 11) is 0. The first-order valence-electron chi connectivity index (χ1n) is 6.97. The molecular formula is C16H17BrN2O2S2. The van der Waals surface area contributed by atoms with Crippen molar-refractivity contribution in [3.8, 4) is 0 Å². The summed E-state index contributed by atoms with van der Waals surface area (Å²) in [5, 5.41) is 7.68. The van der Waals surface area contributed by atoms with Gasteiger partial charge in [-0.2, -0.15) is 0 Å². The van der Waals surface area contributed by atoms with Gasteiger partial charge in [0, 0.05) is 15.0 Å². The van der Waals surface area contributed by atoms with Crippen molar-refractivity contribution in [1.82, 2.24) is 5.32 Å². The average molecular weight is 413 g/mol. The smallest absolute Gasteiger partial charge is 0.234 e. The molecule has 2 aromatic rings. The van der Waals surface area contributed by atoms with Gasteiger partial charge < -0.3 is 10.6 Å². The lowest BCUT2D eigenvalue weighted by molar-refractivity contribution is -0.118. The molecule has 2 rings (SSSR count). The number of anilines is 1. The number of nitrogens with one attached hydrogen (secondary N) is 2. The Balaban J connectivity index is 1.65. The maximum absolute atomic E-state index is 11.8. The van der Waals surface area contributed by atoms with Gasteiger partial charge in [0.15, 0.2) is 0 Å². The Morgan fingerprint density at radius 2 is 2.00 bits per heavy atom. The number of hydrogen-bond donors (Lipinski definition) is 2. The van der Waals surface area contributed by atoms with E-state index in [0.717, 1.165) is 15.0 Å². The molecule has 0 bridgehead atoms. The van der Waals surface area contributed by atoms with E-state index in [4.69, 9.17) is 0 Å². The van der Waals surface area contributed by atoms with Crippen LogP contribution in [0.5, 0.6) is 0 Å². The summed E-state index contributed by atoms with van der Waals surface area (Å²) < 4.78 is 0.909. The summed E-state index contributed by atoms with van der Waals surface area (Å²) in [6.07, 6.45) is 0. The highest BCUT2D eigenvalue weighted by Gasteiger charge is 2.07. The van der Waals surface area contributed by atoms with E-state index >= 15 is 0 Å². The van der Waals surface area contributed by atoms with Crippen LogP contribution in [0.15, 0.2) is 40.2 Å². The molecule has 0 unspecified atom stereocenters. The first-order valence-corrected chi connectivity index (χ1v) is 9.80. The standard InChI is InChI=1S/C16H17BrN2O2S2/c1-11-5-6-23-14(11)8-18-15(20)9-22-10-16(21)19-13-4-2-3-12(17)7-13/h2-7H,8-10H2,1H3,(H,18,20)(H,19,21). The van der Waals surface area contributed by atoms with Gasteiger partial charge in [0.05, 0.1) is 18.1 Å². The molecule has 0 aliphatic heterocycles. The average Bonchev–Trinajstić information content (AvgIpc) is 2.90. The van der Waals surface area contributed by atoms with Crippen LogP contribution in [0.1, 0.15) is 10.4 Å². The second kappa shape index (κ2) is 9.10. The van der Waals surface area contributed by atoms with Gasteiger partial charge in [-0.15, -0.1) is 23.1 Å². The van der Waals surface area contributed by atoms with Gasteiger partial charge in [0.1, 0.15) is 0 Å².